The fraction of sp³-hybridized carbons (Fsp3) is 0.538. The summed E-state index contributed by atoms with van der Waals surface area (Å²) in [5.41, 5.74) is 2.63. The van der Waals surface area contributed by atoms with Crippen molar-refractivity contribution in [2.45, 2.75) is 142 Å². The highest BCUT2D eigenvalue weighted by atomic mass is 32.2. The van der Waals surface area contributed by atoms with Crippen LogP contribution in [0.15, 0.2) is 87.5 Å². The molecular formula is C39H49N3O12S3. The van der Waals surface area contributed by atoms with E-state index in [4.69, 9.17) is 28.4 Å². The van der Waals surface area contributed by atoms with E-state index in [1.54, 1.807) is 76.2 Å². The lowest BCUT2D eigenvalue weighted by Crippen LogP contribution is -2.65. The van der Waals surface area contributed by atoms with Gasteiger partial charge in [0.1, 0.15) is 30.5 Å². The van der Waals surface area contributed by atoms with Crippen molar-refractivity contribution in [1.29, 1.82) is 0 Å². The maximum atomic E-state index is 14.3. The minimum Gasteiger partial charge on any atom is -0.348 e. The van der Waals surface area contributed by atoms with Gasteiger partial charge in [0.05, 0.1) is 45.5 Å². The average Bonchev–Trinajstić information content (AvgIpc) is 3.81. The van der Waals surface area contributed by atoms with Crippen LogP contribution in [0.5, 0.6) is 0 Å². The van der Waals surface area contributed by atoms with Gasteiger partial charge in [-0.05, 0) is 91.3 Å². The van der Waals surface area contributed by atoms with Gasteiger partial charge in [-0.25, -0.2) is 34.7 Å². The monoisotopic (exact) mass is 847 g/mol. The topological polar surface area (TPSA) is 185 Å². The van der Waals surface area contributed by atoms with E-state index >= 15 is 0 Å². The number of ether oxygens (including phenoxy) is 6. The first kappa shape index (κ1) is 40.9. The third-order valence-corrected chi connectivity index (χ3v) is 16.0. The Hall–Kier alpha value is -2.85. The molecule has 2 N–H and O–H groups in total. The normalized spacial score (nSPS) is 34.5. The zero-order valence-electron chi connectivity index (χ0n) is 32.7. The lowest BCUT2D eigenvalue weighted by molar-refractivity contribution is -0.345. The molecule has 15 nitrogen and oxygen atoms in total. The van der Waals surface area contributed by atoms with E-state index in [9.17, 15) is 25.3 Å². The molecule has 0 aromatic heterocycles. The Morgan fingerprint density at radius 2 is 1.09 bits per heavy atom. The molecule has 18 heteroatoms. The number of nitrogens with zero attached hydrogens (tertiary/aromatic N) is 1. The zero-order valence-corrected chi connectivity index (χ0v) is 35.1. The van der Waals surface area contributed by atoms with Crippen LogP contribution >= 0.6 is 0 Å². The molecule has 310 valence electrons. The fourth-order valence-electron chi connectivity index (χ4n) is 8.29. The van der Waals surface area contributed by atoms with Gasteiger partial charge in [0.25, 0.3) is 0 Å². The van der Waals surface area contributed by atoms with Crippen LogP contribution in [0.25, 0.3) is 0 Å². The van der Waals surface area contributed by atoms with Crippen molar-refractivity contribution >= 4 is 30.1 Å². The summed E-state index contributed by atoms with van der Waals surface area (Å²) in [4.78, 5) is 0.102. The van der Waals surface area contributed by atoms with Crippen molar-refractivity contribution in [3.8, 4) is 0 Å². The van der Waals surface area contributed by atoms with Gasteiger partial charge in [-0.3, -0.25) is 0 Å². The number of sulfonamides is 3. The first-order valence-corrected chi connectivity index (χ1v) is 23.3. The summed E-state index contributed by atoms with van der Waals surface area (Å²) in [6, 6.07) is 15.5. The van der Waals surface area contributed by atoms with Crippen molar-refractivity contribution < 1.29 is 53.7 Å². The number of nitrogens with one attached hydrogen (secondary N) is 2. The summed E-state index contributed by atoms with van der Waals surface area (Å²) in [5, 5.41) is 0. The maximum absolute atomic E-state index is 14.3. The number of fused-ring (bicyclic) bond motifs is 4. The van der Waals surface area contributed by atoms with Gasteiger partial charge in [0.2, 0.25) is 30.1 Å². The van der Waals surface area contributed by atoms with Crippen LogP contribution in [0.1, 0.15) is 50.8 Å². The fourth-order valence-corrected chi connectivity index (χ4v) is 12.6. The Bertz CT molecular complexity index is 2320. The molecule has 1 saturated carbocycles. The number of aryl methyl sites for hydroxylation is 3. The molecule has 57 heavy (non-hydrogen) atoms. The standard InChI is InChI=1S/C39H49N3O12S3/c1-22-8-14-25(15-9-22)55(43,44)40-28-20-29(41-56(45,46)26-16-10-23(2)11-17-26)34-36(54-39(6,7)52-34)33(28)51-37-32-31(35-30(50-37)21-49-38(4,5)53-35)42(32)57(47,48)27-18-12-24(3)13-19-27/h8-19,28-37,40-41H,20-21H2,1-7H3. The summed E-state index contributed by atoms with van der Waals surface area (Å²) >= 11 is 0. The summed E-state index contributed by atoms with van der Waals surface area (Å²) < 4.78 is 130. The predicted octanol–water partition coefficient (Wildman–Crippen LogP) is 3.23. The lowest BCUT2D eigenvalue weighted by atomic mass is 9.84. The van der Waals surface area contributed by atoms with Gasteiger partial charge < -0.3 is 28.4 Å². The molecule has 11 unspecified atom stereocenters. The molecule has 5 fully saturated rings. The van der Waals surface area contributed by atoms with Crippen LogP contribution in [0, 0.1) is 20.8 Å². The Balaban J connectivity index is 1.16. The molecule has 11 atom stereocenters. The predicted molar refractivity (Wildman–Crippen MR) is 205 cm³/mol. The Morgan fingerprint density at radius 1 is 0.614 bits per heavy atom. The van der Waals surface area contributed by atoms with Crippen LogP contribution in [-0.4, -0.2) is 109 Å². The van der Waals surface area contributed by atoms with E-state index in [1.807, 2.05) is 20.8 Å². The molecule has 5 aliphatic rings. The van der Waals surface area contributed by atoms with Crippen LogP contribution in [0.4, 0.5) is 0 Å². The summed E-state index contributed by atoms with van der Waals surface area (Å²) in [7, 11) is -12.5. The summed E-state index contributed by atoms with van der Waals surface area (Å²) in [5.74, 6) is -2.25. The van der Waals surface area contributed by atoms with Gasteiger partial charge in [-0.1, -0.05) is 53.1 Å². The molecule has 1 aliphatic carbocycles. The van der Waals surface area contributed by atoms with Crippen molar-refractivity contribution in [1.82, 2.24) is 13.7 Å². The smallest absolute Gasteiger partial charge is 0.243 e. The molecule has 0 amide bonds. The number of benzene rings is 3. The van der Waals surface area contributed by atoms with E-state index in [0.717, 1.165) is 16.7 Å². The number of hydrogen-bond donors (Lipinski definition) is 2. The molecule has 0 bridgehead atoms. The second-order valence-electron chi connectivity index (χ2n) is 16.4. The minimum absolute atomic E-state index is 0.0109. The highest BCUT2D eigenvalue weighted by Crippen LogP contribution is 2.50. The van der Waals surface area contributed by atoms with E-state index in [2.05, 4.69) is 9.44 Å². The van der Waals surface area contributed by atoms with E-state index in [-0.39, 0.29) is 27.7 Å². The SMILES string of the molecule is Cc1ccc(S(=O)(=O)NC2CC(NS(=O)(=O)c3ccc(C)cc3)C3OC(C)(C)OC3C2OC2OC3COC(C)(C)OC3C3C2N3S(=O)(=O)c2ccc(C)cc2)cc1. The third-order valence-electron chi connectivity index (χ3n) is 11.1. The average molecular weight is 848 g/mol. The Kier molecular flexibility index (Phi) is 10.3. The lowest BCUT2D eigenvalue weighted by Gasteiger charge is -2.46. The highest BCUT2D eigenvalue weighted by molar-refractivity contribution is 7.90. The van der Waals surface area contributed by atoms with E-state index in [1.165, 1.54) is 28.6 Å². The second-order valence-corrected chi connectivity index (χ2v) is 21.7. The molecule has 4 heterocycles. The van der Waals surface area contributed by atoms with Crippen LogP contribution in [0.2, 0.25) is 0 Å². The molecule has 8 rings (SSSR count). The van der Waals surface area contributed by atoms with Gasteiger partial charge >= 0.3 is 0 Å². The van der Waals surface area contributed by atoms with Crippen molar-refractivity contribution in [2.75, 3.05) is 6.61 Å². The molecule has 0 radical (unpaired) electrons. The molecule has 4 aliphatic heterocycles. The Labute approximate surface area is 334 Å². The molecule has 0 spiro atoms. The maximum Gasteiger partial charge on any atom is 0.243 e. The summed E-state index contributed by atoms with van der Waals surface area (Å²) in [6.07, 6.45) is -5.97. The van der Waals surface area contributed by atoms with Crippen LogP contribution < -0.4 is 9.44 Å². The largest absolute Gasteiger partial charge is 0.348 e. The van der Waals surface area contributed by atoms with Crippen molar-refractivity contribution in [2.24, 2.45) is 0 Å². The van der Waals surface area contributed by atoms with Crippen LogP contribution in [0.3, 0.4) is 0 Å². The Morgan fingerprint density at radius 3 is 1.63 bits per heavy atom. The second kappa shape index (κ2) is 14.4. The van der Waals surface area contributed by atoms with Gasteiger partial charge in [-0.2, -0.15) is 4.31 Å². The first-order chi connectivity index (χ1) is 26.6. The van der Waals surface area contributed by atoms with E-state index in [0.29, 0.717) is 0 Å². The third kappa shape index (κ3) is 7.96. The van der Waals surface area contributed by atoms with Gasteiger partial charge in [0.15, 0.2) is 17.9 Å². The highest BCUT2D eigenvalue weighted by Gasteiger charge is 2.70. The molecule has 4 saturated heterocycles. The zero-order chi connectivity index (χ0) is 40.9. The van der Waals surface area contributed by atoms with Crippen LogP contribution in [-0.2, 0) is 58.5 Å². The van der Waals surface area contributed by atoms with Gasteiger partial charge in [0, 0.05) is 0 Å². The molecular weight excluding hydrogens is 799 g/mol. The minimum atomic E-state index is -4.23. The molecule has 3 aromatic carbocycles. The quantitative estimate of drug-likeness (QED) is 0.285. The number of hydrogen-bond acceptors (Lipinski definition) is 12. The summed E-state index contributed by atoms with van der Waals surface area (Å²) in [6.45, 7) is 12.5. The van der Waals surface area contributed by atoms with Gasteiger partial charge in [-0.15, -0.1) is 0 Å². The van der Waals surface area contributed by atoms with Crippen molar-refractivity contribution in [3.63, 3.8) is 0 Å². The van der Waals surface area contributed by atoms with E-state index < -0.39 is 103 Å². The van der Waals surface area contributed by atoms with Crippen molar-refractivity contribution in [3.05, 3.63) is 89.5 Å². The first-order valence-electron chi connectivity index (χ1n) is 18.9. The molecule has 3 aromatic rings. The number of rotatable bonds is 10.